The van der Waals surface area contributed by atoms with Gasteiger partial charge in [0.1, 0.15) is 12.6 Å². The third kappa shape index (κ3) is 1.80. The highest BCUT2D eigenvalue weighted by atomic mass is 16.1. The highest BCUT2D eigenvalue weighted by Gasteiger charge is 2.41. The standard InChI is InChI=1S/C16H18O2/c17-9-13(10-18)14-3-1-2-4-15(14)16-8-11-5-6-12(16)7-11/h1-4,9-13,16H,5-8H2. The SMILES string of the molecule is O=CC(C=O)c1ccccc1C1CC2CCC1C2. The van der Waals surface area contributed by atoms with Crippen molar-refractivity contribution in [1.29, 1.82) is 0 Å². The topological polar surface area (TPSA) is 34.1 Å². The number of hydrogen-bond acceptors (Lipinski definition) is 2. The second-order valence-corrected chi connectivity index (χ2v) is 5.71. The Balaban J connectivity index is 1.96. The van der Waals surface area contributed by atoms with Crippen molar-refractivity contribution >= 4 is 12.6 Å². The van der Waals surface area contributed by atoms with E-state index >= 15 is 0 Å². The molecule has 2 aliphatic carbocycles. The van der Waals surface area contributed by atoms with E-state index < -0.39 is 5.92 Å². The Morgan fingerprint density at radius 2 is 1.83 bits per heavy atom. The molecule has 3 unspecified atom stereocenters. The molecular weight excluding hydrogens is 224 g/mol. The second kappa shape index (κ2) is 4.68. The van der Waals surface area contributed by atoms with Crippen LogP contribution in [0.1, 0.15) is 48.6 Å². The summed E-state index contributed by atoms with van der Waals surface area (Å²) < 4.78 is 0. The van der Waals surface area contributed by atoms with Gasteiger partial charge < -0.3 is 9.59 Å². The minimum Gasteiger partial charge on any atom is -0.302 e. The van der Waals surface area contributed by atoms with Crippen molar-refractivity contribution in [3.8, 4) is 0 Å². The first-order chi connectivity index (χ1) is 8.83. The number of aldehydes is 2. The second-order valence-electron chi connectivity index (χ2n) is 5.71. The van der Waals surface area contributed by atoms with E-state index in [9.17, 15) is 9.59 Å². The van der Waals surface area contributed by atoms with Gasteiger partial charge in [0, 0.05) is 0 Å². The first-order valence-electron chi connectivity index (χ1n) is 6.83. The fourth-order valence-corrected chi connectivity index (χ4v) is 3.96. The lowest BCUT2D eigenvalue weighted by atomic mass is 9.79. The number of fused-ring (bicyclic) bond motifs is 2. The van der Waals surface area contributed by atoms with Gasteiger partial charge in [0.2, 0.25) is 0 Å². The Morgan fingerprint density at radius 3 is 2.44 bits per heavy atom. The molecule has 18 heavy (non-hydrogen) atoms. The number of carbonyl (C=O) groups excluding carboxylic acids is 2. The molecule has 0 aliphatic heterocycles. The van der Waals surface area contributed by atoms with Gasteiger partial charge in [-0.05, 0) is 48.1 Å². The van der Waals surface area contributed by atoms with E-state index in [2.05, 4.69) is 6.07 Å². The Bertz CT molecular complexity index is 458. The summed E-state index contributed by atoms with van der Waals surface area (Å²) in [7, 11) is 0. The zero-order valence-corrected chi connectivity index (χ0v) is 10.4. The van der Waals surface area contributed by atoms with Crippen molar-refractivity contribution in [1.82, 2.24) is 0 Å². The number of rotatable bonds is 4. The molecule has 0 spiro atoms. The van der Waals surface area contributed by atoms with E-state index in [1.165, 1.54) is 31.2 Å². The maximum Gasteiger partial charge on any atom is 0.134 e. The van der Waals surface area contributed by atoms with Crippen LogP contribution in [-0.4, -0.2) is 12.6 Å². The van der Waals surface area contributed by atoms with E-state index in [1.807, 2.05) is 18.2 Å². The van der Waals surface area contributed by atoms with Gasteiger partial charge >= 0.3 is 0 Å². The van der Waals surface area contributed by atoms with E-state index in [-0.39, 0.29) is 0 Å². The summed E-state index contributed by atoms with van der Waals surface area (Å²) >= 11 is 0. The molecule has 2 heteroatoms. The summed E-state index contributed by atoms with van der Waals surface area (Å²) in [5.74, 6) is 1.64. The van der Waals surface area contributed by atoms with Gasteiger partial charge in [-0.1, -0.05) is 30.7 Å². The Hall–Kier alpha value is -1.44. The first-order valence-corrected chi connectivity index (χ1v) is 6.83. The van der Waals surface area contributed by atoms with E-state index in [1.54, 1.807) is 0 Å². The van der Waals surface area contributed by atoms with Crippen molar-refractivity contribution in [3.05, 3.63) is 35.4 Å². The van der Waals surface area contributed by atoms with Gasteiger partial charge in [-0.2, -0.15) is 0 Å². The Labute approximate surface area is 107 Å². The van der Waals surface area contributed by atoms with Crippen LogP contribution in [-0.2, 0) is 9.59 Å². The molecule has 1 aromatic rings. The number of carbonyl (C=O) groups is 2. The van der Waals surface area contributed by atoms with Crippen LogP contribution in [0, 0.1) is 11.8 Å². The zero-order valence-electron chi connectivity index (χ0n) is 10.4. The van der Waals surface area contributed by atoms with E-state index in [0.29, 0.717) is 5.92 Å². The molecule has 2 nitrogen and oxygen atoms in total. The van der Waals surface area contributed by atoms with Gasteiger partial charge in [0.25, 0.3) is 0 Å². The molecule has 2 bridgehead atoms. The van der Waals surface area contributed by atoms with Gasteiger partial charge in [-0.25, -0.2) is 0 Å². The van der Waals surface area contributed by atoms with Crippen molar-refractivity contribution < 1.29 is 9.59 Å². The van der Waals surface area contributed by atoms with Crippen molar-refractivity contribution in [3.63, 3.8) is 0 Å². The lowest BCUT2D eigenvalue weighted by molar-refractivity contribution is -0.116. The molecule has 0 radical (unpaired) electrons. The summed E-state index contributed by atoms with van der Waals surface area (Å²) in [6.07, 6.45) is 6.79. The molecule has 2 saturated carbocycles. The van der Waals surface area contributed by atoms with Crippen LogP contribution in [0.15, 0.2) is 24.3 Å². The summed E-state index contributed by atoms with van der Waals surface area (Å²) in [6, 6.07) is 8.00. The maximum absolute atomic E-state index is 11.0. The van der Waals surface area contributed by atoms with Gasteiger partial charge in [-0.15, -0.1) is 0 Å². The number of benzene rings is 1. The third-order valence-electron chi connectivity index (χ3n) is 4.79. The van der Waals surface area contributed by atoms with E-state index in [4.69, 9.17) is 0 Å². The average Bonchev–Trinajstić information content (AvgIpc) is 3.03. The number of hydrogen-bond donors (Lipinski definition) is 0. The van der Waals surface area contributed by atoms with Gasteiger partial charge in [0.15, 0.2) is 0 Å². The van der Waals surface area contributed by atoms with Crippen LogP contribution in [0.4, 0.5) is 0 Å². The zero-order chi connectivity index (χ0) is 12.5. The lowest BCUT2D eigenvalue weighted by Gasteiger charge is -2.25. The predicted molar refractivity (Wildman–Crippen MR) is 69.5 cm³/mol. The fourth-order valence-electron chi connectivity index (χ4n) is 3.96. The maximum atomic E-state index is 11.0. The van der Waals surface area contributed by atoms with Crippen molar-refractivity contribution in [2.45, 2.75) is 37.5 Å². The fraction of sp³-hybridized carbons (Fsp3) is 0.500. The molecule has 0 aromatic heterocycles. The Kier molecular flexibility index (Phi) is 3.02. The minimum atomic E-state index is -0.583. The highest BCUT2D eigenvalue weighted by Crippen LogP contribution is 2.53. The largest absolute Gasteiger partial charge is 0.302 e. The molecule has 0 heterocycles. The summed E-state index contributed by atoms with van der Waals surface area (Å²) in [5.41, 5.74) is 2.17. The van der Waals surface area contributed by atoms with Gasteiger partial charge in [-0.3, -0.25) is 0 Å². The smallest absolute Gasteiger partial charge is 0.134 e. The van der Waals surface area contributed by atoms with Crippen LogP contribution >= 0.6 is 0 Å². The summed E-state index contributed by atoms with van der Waals surface area (Å²) in [4.78, 5) is 22.1. The summed E-state index contributed by atoms with van der Waals surface area (Å²) in [6.45, 7) is 0. The van der Waals surface area contributed by atoms with Crippen LogP contribution in [0.3, 0.4) is 0 Å². The molecular formula is C16H18O2. The molecule has 2 fully saturated rings. The lowest BCUT2D eigenvalue weighted by Crippen LogP contribution is -2.13. The highest BCUT2D eigenvalue weighted by molar-refractivity contribution is 5.85. The molecule has 0 amide bonds. The normalized spacial score (nSPS) is 29.7. The van der Waals surface area contributed by atoms with Crippen LogP contribution < -0.4 is 0 Å². The predicted octanol–water partition coefficient (Wildman–Crippen LogP) is 3.07. The molecule has 0 saturated heterocycles. The molecule has 1 aromatic carbocycles. The molecule has 2 aliphatic rings. The van der Waals surface area contributed by atoms with Crippen molar-refractivity contribution in [2.75, 3.05) is 0 Å². The molecule has 3 atom stereocenters. The molecule has 3 rings (SSSR count). The molecule has 94 valence electrons. The van der Waals surface area contributed by atoms with Crippen LogP contribution in [0.5, 0.6) is 0 Å². The Morgan fingerprint density at radius 1 is 1.06 bits per heavy atom. The van der Waals surface area contributed by atoms with Crippen molar-refractivity contribution in [2.24, 2.45) is 11.8 Å². The minimum absolute atomic E-state index is 0.572. The van der Waals surface area contributed by atoms with Gasteiger partial charge in [0.05, 0.1) is 5.92 Å². The summed E-state index contributed by atoms with van der Waals surface area (Å²) in [5, 5.41) is 0. The van der Waals surface area contributed by atoms with E-state index in [0.717, 1.165) is 30.0 Å². The first kappa shape index (κ1) is 11.6. The average molecular weight is 242 g/mol. The monoisotopic (exact) mass is 242 g/mol. The van der Waals surface area contributed by atoms with Crippen LogP contribution in [0.2, 0.25) is 0 Å². The quantitative estimate of drug-likeness (QED) is 0.600. The van der Waals surface area contributed by atoms with Crippen LogP contribution in [0.25, 0.3) is 0 Å². The third-order valence-corrected chi connectivity index (χ3v) is 4.79. The molecule has 0 N–H and O–H groups in total.